The number of amides is 1. The van der Waals surface area contributed by atoms with Crippen LogP contribution in [0.2, 0.25) is 0 Å². The molecule has 0 fully saturated rings. The van der Waals surface area contributed by atoms with Crippen LogP contribution < -0.4 is 4.90 Å². The van der Waals surface area contributed by atoms with E-state index in [2.05, 4.69) is 26.1 Å². The van der Waals surface area contributed by atoms with Gasteiger partial charge in [-0.05, 0) is 36.8 Å². The minimum Gasteiger partial charge on any atom is -0.310 e. The monoisotopic (exact) mass is 293 g/mol. The Kier molecular flexibility index (Phi) is 3.28. The Labute approximate surface area is 108 Å². The molecule has 0 radical (unpaired) electrons. The molecule has 4 nitrogen and oxygen atoms in total. The van der Waals surface area contributed by atoms with Crippen LogP contribution in [0.15, 0.2) is 34.9 Å². The summed E-state index contributed by atoms with van der Waals surface area (Å²) in [5.74, 6) is -0.107. The zero-order valence-electron chi connectivity index (χ0n) is 9.57. The molecule has 0 bridgehead atoms. The molecule has 88 valence electrons. The van der Waals surface area contributed by atoms with Crippen LogP contribution in [0, 0.1) is 6.92 Å². The maximum atomic E-state index is 12.0. The van der Waals surface area contributed by atoms with Gasteiger partial charge in [0.1, 0.15) is 5.69 Å². The van der Waals surface area contributed by atoms with Crippen LogP contribution in [0.5, 0.6) is 0 Å². The number of hydrogen-bond acceptors (Lipinski definition) is 2. The molecule has 2 aromatic rings. The highest BCUT2D eigenvalue weighted by atomic mass is 79.9. The van der Waals surface area contributed by atoms with Crippen molar-refractivity contribution in [1.29, 1.82) is 0 Å². The van der Waals surface area contributed by atoms with Crippen LogP contribution in [0.25, 0.3) is 0 Å². The van der Waals surface area contributed by atoms with Crippen LogP contribution in [0.3, 0.4) is 0 Å². The molecule has 1 heterocycles. The number of anilines is 1. The minimum absolute atomic E-state index is 0.107. The first-order valence-electron chi connectivity index (χ1n) is 5.13. The summed E-state index contributed by atoms with van der Waals surface area (Å²) in [6.07, 6.45) is 1.56. The lowest BCUT2D eigenvalue weighted by Gasteiger charge is -2.17. The molecule has 0 saturated carbocycles. The zero-order chi connectivity index (χ0) is 12.4. The molecule has 2 rings (SSSR count). The second-order valence-corrected chi connectivity index (χ2v) is 4.62. The lowest BCUT2D eigenvalue weighted by atomic mass is 10.2. The molecular weight excluding hydrogens is 282 g/mol. The first kappa shape index (κ1) is 11.9. The molecule has 1 amide bonds. The molecule has 5 heteroatoms. The van der Waals surface area contributed by atoms with Gasteiger partial charge in [0.05, 0.1) is 0 Å². The number of benzene rings is 1. The number of H-pyrrole nitrogens is 1. The maximum Gasteiger partial charge on any atom is 0.276 e. The van der Waals surface area contributed by atoms with Crippen molar-refractivity contribution in [3.8, 4) is 0 Å². The van der Waals surface area contributed by atoms with E-state index in [0.717, 1.165) is 15.7 Å². The molecule has 1 aromatic heterocycles. The highest BCUT2D eigenvalue weighted by Crippen LogP contribution is 2.22. The molecule has 1 N–H and O–H groups in total. The zero-order valence-corrected chi connectivity index (χ0v) is 11.2. The number of rotatable bonds is 2. The van der Waals surface area contributed by atoms with E-state index in [-0.39, 0.29) is 5.91 Å². The van der Waals surface area contributed by atoms with Gasteiger partial charge >= 0.3 is 0 Å². The summed E-state index contributed by atoms with van der Waals surface area (Å²) < 4.78 is 1.03. The fraction of sp³-hybridized carbons (Fsp3) is 0.167. The number of aromatic amines is 1. The van der Waals surface area contributed by atoms with Crippen molar-refractivity contribution in [3.05, 3.63) is 46.2 Å². The van der Waals surface area contributed by atoms with Crippen LogP contribution in [0.1, 0.15) is 16.1 Å². The van der Waals surface area contributed by atoms with E-state index in [4.69, 9.17) is 0 Å². The SMILES string of the molecule is Cc1cc(N(C)C(=O)c2ccn[nH]2)ccc1Br. The lowest BCUT2D eigenvalue weighted by Crippen LogP contribution is -2.26. The van der Waals surface area contributed by atoms with Crippen molar-refractivity contribution in [2.45, 2.75) is 6.92 Å². The quantitative estimate of drug-likeness (QED) is 0.926. The summed E-state index contributed by atoms with van der Waals surface area (Å²) in [5.41, 5.74) is 2.42. The Morgan fingerprint density at radius 3 is 2.76 bits per heavy atom. The van der Waals surface area contributed by atoms with Crippen molar-refractivity contribution in [3.63, 3.8) is 0 Å². The molecule has 1 aromatic carbocycles. The highest BCUT2D eigenvalue weighted by molar-refractivity contribution is 9.10. The Hall–Kier alpha value is -1.62. The van der Waals surface area contributed by atoms with E-state index in [1.807, 2.05) is 25.1 Å². The van der Waals surface area contributed by atoms with Gasteiger partial charge in [0, 0.05) is 23.4 Å². The molecule has 0 spiro atoms. The van der Waals surface area contributed by atoms with Crippen molar-refractivity contribution >= 4 is 27.5 Å². The molecule has 0 aliphatic heterocycles. The number of aromatic nitrogens is 2. The second-order valence-electron chi connectivity index (χ2n) is 3.77. The summed E-state index contributed by atoms with van der Waals surface area (Å²) in [7, 11) is 1.74. The van der Waals surface area contributed by atoms with Gasteiger partial charge in [-0.15, -0.1) is 0 Å². The molecule has 0 aliphatic rings. The van der Waals surface area contributed by atoms with E-state index in [1.165, 1.54) is 0 Å². The predicted molar refractivity (Wildman–Crippen MR) is 70.2 cm³/mol. The van der Waals surface area contributed by atoms with Crippen LogP contribution in [-0.2, 0) is 0 Å². The lowest BCUT2D eigenvalue weighted by molar-refractivity contribution is 0.0988. The number of nitrogens with zero attached hydrogens (tertiary/aromatic N) is 2. The maximum absolute atomic E-state index is 12.0. The summed E-state index contributed by atoms with van der Waals surface area (Å²) >= 11 is 3.43. The van der Waals surface area contributed by atoms with Gasteiger partial charge in [0.15, 0.2) is 0 Å². The summed E-state index contributed by atoms with van der Waals surface area (Å²) in [5, 5.41) is 6.43. The van der Waals surface area contributed by atoms with Gasteiger partial charge in [-0.25, -0.2) is 0 Å². The number of carbonyl (C=O) groups excluding carboxylic acids is 1. The summed E-state index contributed by atoms with van der Waals surface area (Å²) in [6.45, 7) is 1.99. The summed E-state index contributed by atoms with van der Waals surface area (Å²) in [6, 6.07) is 7.44. The fourth-order valence-corrected chi connectivity index (χ4v) is 1.76. The smallest absolute Gasteiger partial charge is 0.276 e. The van der Waals surface area contributed by atoms with E-state index in [9.17, 15) is 4.79 Å². The third kappa shape index (κ3) is 2.39. The topological polar surface area (TPSA) is 49.0 Å². The van der Waals surface area contributed by atoms with Crippen molar-refractivity contribution in [2.75, 3.05) is 11.9 Å². The van der Waals surface area contributed by atoms with Crippen molar-refractivity contribution < 1.29 is 4.79 Å². The Morgan fingerprint density at radius 2 is 2.18 bits per heavy atom. The Bertz CT molecular complexity index is 537. The first-order valence-corrected chi connectivity index (χ1v) is 5.92. The number of aryl methyl sites for hydroxylation is 1. The summed E-state index contributed by atoms with van der Waals surface area (Å²) in [4.78, 5) is 13.6. The first-order chi connectivity index (χ1) is 8.09. The number of carbonyl (C=O) groups is 1. The number of halogens is 1. The predicted octanol–water partition coefficient (Wildman–Crippen LogP) is 2.76. The van der Waals surface area contributed by atoms with E-state index < -0.39 is 0 Å². The number of hydrogen-bond donors (Lipinski definition) is 1. The van der Waals surface area contributed by atoms with Gasteiger partial charge in [-0.2, -0.15) is 5.10 Å². The second kappa shape index (κ2) is 4.71. The Morgan fingerprint density at radius 1 is 1.41 bits per heavy atom. The highest BCUT2D eigenvalue weighted by Gasteiger charge is 2.14. The largest absolute Gasteiger partial charge is 0.310 e. The average molecular weight is 294 g/mol. The van der Waals surface area contributed by atoms with Crippen molar-refractivity contribution in [1.82, 2.24) is 10.2 Å². The molecule has 0 aliphatic carbocycles. The molecule has 17 heavy (non-hydrogen) atoms. The van der Waals surface area contributed by atoms with Crippen LogP contribution >= 0.6 is 15.9 Å². The van der Waals surface area contributed by atoms with E-state index in [1.54, 1.807) is 24.2 Å². The minimum atomic E-state index is -0.107. The number of nitrogens with one attached hydrogen (secondary N) is 1. The average Bonchev–Trinajstić information content (AvgIpc) is 2.84. The van der Waals surface area contributed by atoms with E-state index in [0.29, 0.717) is 5.69 Å². The van der Waals surface area contributed by atoms with E-state index >= 15 is 0 Å². The molecule has 0 saturated heterocycles. The van der Waals surface area contributed by atoms with Gasteiger partial charge in [-0.3, -0.25) is 9.89 Å². The van der Waals surface area contributed by atoms with Gasteiger partial charge in [-0.1, -0.05) is 15.9 Å². The third-order valence-corrected chi connectivity index (χ3v) is 3.45. The standard InChI is InChI=1S/C12H12BrN3O/c1-8-7-9(3-4-10(8)13)16(2)12(17)11-5-6-14-15-11/h3-7H,1-2H3,(H,14,15). The molecule has 0 atom stereocenters. The fourth-order valence-electron chi connectivity index (χ4n) is 1.51. The van der Waals surface area contributed by atoms with Gasteiger partial charge in [0.25, 0.3) is 5.91 Å². The Balaban J connectivity index is 2.28. The third-order valence-electron chi connectivity index (χ3n) is 2.56. The van der Waals surface area contributed by atoms with Crippen LogP contribution in [-0.4, -0.2) is 23.2 Å². The van der Waals surface area contributed by atoms with Crippen LogP contribution in [0.4, 0.5) is 5.69 Å². The van der Waals surface area contributed by atoms with Gasteiger partial charge in [0.2, 0.25) is 0 Å². The molecule has 0 unspecified atom stereocenters. The molecular formula is C12H12BrN3O. The van der Waals surface area contributed by atoms with Gasteiger partial charge < -0.3 is 4.90 Å². The normalized spacial score (nSPS) is 10.3. The van der Waals surface area contributed by atoms with Crippen molar-refractivity contribution in [2.24, 2.45) is 0 Å².